The molecule has 0 aliphatic heterocycles. The number of rotatable bonds is 6. The number of likely N-dealkylation sites (N-methyl/N-ethyl adjacent to an activating group) is 1. The first-order chi connectivity index (χ1) is 8.47. The maximum absolute atomic E-state index is 13.6. The van der Waals surface area contributed by atoms with Crippen LogP contribution in [0.2, 0.25) is 0 Å². The highest BCUT2D eigenvalue weighted by atomic mass is 19.1. The van der Waals surface area contributed by atoms with Crippen LogP contribution in [0.1, 0.15) is 18.5 Å². The third-order valence-corrected chi connectivity index (χ3v) is 2.94. The van der Waals surface area contributed by atoms with E-state index in [-0.39, 0.29) is 18.7 Å². The Balaban J connectivity index is 2.77. The second-order valence-electron chi connectivity index (χ2n) is 4.36. The van der Waals surface area contributed by atoms with E-state index in [9.17, 15) is 13.9 Å². The molecule has 0 radical (unpaired) electrons. The van der Waals surface area contributed by atoms with Crippen LogP contribution in [0, 0.1) is 11.6 Å². The summed E-state index contributed by atoms with van der Waals surface area (Å²) in [6, 6.07) is 3.33. The Morgan fingerprint density at radius 2 is 1.89 bits per heavy atom. The molecule has 0 aliphatic rings. The average molecular weight is 259 g/mol. The monoisotopic (exact) mass is 259 g/mol. The Morgan fingerprint density at radius 3 is 2.39 bits per heavy atom. The molecule has 1 rings (SSSR count). The van der Waals surface area contributed by atoms with E-state index >= 15 is 0 Å². The standard InChI is InChI=1S/C13H19F2NO2/c1-9(16(2)7-10(17)8-18-3)13-11(14)5-4-6-12(13)15/h4-6,9-10,17H,7-8H2,1-3H3. The topological polar surface area (TPSA) is 32.7 Å². The van der Waals surface area contributed by atoms with Gasteiger partial charge in [-0.05, 0) is 26.1 Å². The van der Waals surface area contributed by atoms with Gasteiger partial charge in [-0.1, -0.05) is 6.07 Å². The number of aliphatic hydroxyl groups excluding tert-OH is 1. The minimum absolute atomic E-state index is 0.0182. The number of hydrogen-bond acceptors (Lipinski definition) is 3. The van der Waals surface area contributed by atoms with Gasteiger partial charge in [0.2, 0.25) is 0 Å². The molecule has 0 heterocycles. The lowest BCUT2D eigenvalue weighted by molar-refractivity contribution is 0.0351. The summed E-state index contributed by atoms with van der Waals surface area (Å²) in [5, 5.41) is 9.60. The summed E-state index contributed by atoms with van der Waals surface area (Å²) in [7, 11) is 3.19. The first-order valence-electron chi connectivity index (χ1n) is 5.78. The molecule has 0 amide bonds. The quantitative estimate of drug-likeness (QED) is 0.847. The average Bonchev–Trinajstić information content (AvgIpc) is 2.28. The van der Waals surface area contributed by atoms with Crippen molar-refractivity contribution in [2.75, 3.05) is 27.3 Å². The highest BCUT2D eigenvalue weighted by Gasteiger charge is 2.21. The van der Waals surface area contributed by atoms with Crippen LogP contribution >= 0.6 is 0 Å². The number of benzene rings is 1. The third-order valence-electron chi connectivity index (χ3n) is 2.94. The van der Waals surface area contributed by atoms with Gasteiger partial charge in [-0.2, -0.15) is 0 Å². The van der Waals surface area contributed by atoms with Crippen molar-refractivity contribution in [1.82, 2.24) is 4.90 Å². The molecule has 0 saturated heterocycles. The first-order valence-corrected chi connectivity index (χ1v) is 5.78. The number of ether oxygens (including phenoxy) is 1. The molecule has 2 atom stereocenters. The molecular formula is C13H19F2NO2. The zero-order valence-electron chi connectivity index (χ0n) is 10.9. The Labute approximate surface area is 106 Å². The van der Waals surface area contributed by atoms with E-state index in [1.165, 1.54) is 25.3 Å². The molecular weight excluding hydrogens is 240 g/mol. The van der Waals surface area contributed by atoms with E-state index in [4.69, 9.17) is 4.74 Å². The highest BCUT2D eigenvalue weighted by Crippen LogP contribution is 2.24. The van der Waals surface area contributed by atoms with Crippen molar-refractivity contribution in [3.05, 3.63) is 35.4 Å². The highest BCUT2D eigenvalue weighted by molar-refractivity contribution is 5.22. The fraction of sp³-hybridized carbons (Fsp3) is 0.538. The second kappa shape index (κ2) is 6.78. The van der Waals surface area contributed by atoms with Crippen LogP contribution in [0.15, 0.2) is 18.2 Å². The lowest BCUT2D eigenvalue weighted by atomic mass is 10.1. The fourth-order valence-corrected chi connectivity index (χ4v) is 1.87. The van der Waals surface area contributed by atoms with Gasteiger partial charge in [0.05, 0.1) is 12.7 Å². The molecule has 0 spiro atoms. The third kappa shape index (κ3) is 3.73. The molecule has 2 unspecified atom stereocenters. The van der Waals surface area contributed by atoms with Crippen molar-refractivity contribution >= 4 is 0 Å². The molecule has 18 heavy (non-hydrogen) atoms. The van der Waals surface area contributed by atoms with Crippen molar-refractivity contribution in [3.63, 3.8) is 0 Å². The van der Waals surface area contributed by atoms with Crippen LogP contribution in [-0.4, -0.2) is 43.4 Å². The van der Waals surface area contributed by atoms with Gasteiger partial charge in [0.15, 0.2) is 0 Å². The first kappa shape index (κ1) is 15.0. The maximum Gasteiger partial charge on any atom is 0.130 e. The zero-order chi connectivity index (χ0) is 13.7. The van der Waals surface area contributed by atoms with Crippen molar-refractivity contribution < 1.29 is 18.6 Å². The maximum atomic E-state index is 13.6. The van der Waals surface area contributed by atoms with Crippen LogP contribution in [0.4, 0.5) is 8.78 Å². The predicted octanol–water partition coefficient (Wildman–Crippen LogP) is 1.96. The number of methoxy groups -OCH3 is 1. The van der Waals surface area contributed by atoms with Crippen molar-refractivity contribution in [1.29, 1.82) is 0 Å². The molecule has 0 fully saturated rings. The van der Waals surface area contributed by atoms with E-state index in [0.717, 1.165) is 0 Å². The van der Waals surface area contributed by atoms with E-state index in [2.05, 4.69) is 0 Å². The summed E-state index contributed by atoms with van der Waals surface area (Å²) in [6.45, 7) is 2.17. The van der Waals surface area contributed by atoms with Gasteiger partial charge in [-0.25, -0.2) is 8.78 Å². The minimum Gasteiger partial charge on any atom is -0.389 e. The summed E-state index contributed by atoms with van der Waals surface area (Å²) < 4.78 is 32.0. The summed E-state index contributed by atoms with van der Waals surface area (Å²) >= 11 is 0. The predicted molar refractivity (Wildman–Crippen MR) is 65.3 cm³/mol. The minimum atomic E-state index is -0.683. The Morgan fingerprint density at radius 1 is 1.33 bits per heavy atom. The van der Waals surface area contributed by atoms with Crippen LogP contribution in [0.5, 0.6) is 0 Å². The van der Waals surface area contributed by atoms with Crippen LogP contribution < -0.4 is 0 Å². The fourth-order valence-electron chi connectivity index (χ4n) is 1.87. The molecule has 1 aromatic rings. The normalized spacial score (nSPS) is 14.8. The number of hydrogen-bond donors (Lipinski definition) is 1. The van der Waals surface area contributed by atoms with Gasteiger partial charge < -0.3 is 9.84 Å². The number of nitrogens with zero attached hydrogens (tertiary/aromatic N) is 1. The SMILES string of the molecule is COCC(O)CN(C)C(C)c1c(F)cccc1F. The molecule has 102 valence electrons. The molecule has 0 aromatic heterocycles. The van der Waals surface area contributed by atoms with Gasteiger partial charge in [0.1, 0.15) is 11.6 Å². The van der Waals surface area contributed by atoms with E-state index in [1.807, 2.05) is 0 Å². The summed E-state index contributed by atoms with van der Waals surface area (Å²) in [5.41, 5.74) is 0.0182. The van der Waals surface area contributed by atoms with E-state index in [1.54, 1.807) is 18.9 Å². The lowest BCUT2D eigenvalue weighted by Gasteiger charge is -2.27. The Kier molecular flexibility index (Phi) is 5.65. The van der Waals surface area contributed by atoms with Gasteiger partial charge >= 0.3 is 0 Å². The number of halogens is 2. The van der Waals surface area contributed by atoms with Crippen molar-refractivity contribution in [3.8, 4) is 0 Å². The van der Waals surface area contributed by atoms with Gasteiger partial charge in [0.25, 0.3) is 0 Å². The second-order valence-corrected chi connectivity index (χ2v) is 4.36. The van der Waals surface area contributed by atoms with Crippen LogP contribution in [-0.2, 0) is 4.74 Å². The molecule has 0 saturated carbocycles. The van der Waals surface area contributed by atoms with Gasteiger partial charge in [-0.3, -0.25) is 4.90 Å². The molecule has 1 aromatic carbocycles. The van der Waals surface area contributed by atoms with E-state index < -0.39 is 23.8 Å². The van der Waals surface area contributed by atoms with Gasteiger partial charge in [0, 0.05) is 25.3 Å². The van der Waals surface area contributed by atoms with Crippen LogP contribution in [0.3, 0.4) is 0 Å². The molecule has 0 bridgehead atoms. The Hall–Kier alpha value is -1.04. The summed E-state index contributed by atoms with van der Waals surface area (Å²) in [5.74, 6) is -1.15. The summed E-state index contributed by atoms with van der Waals surface area (Å²) in [4.78, 5) is 1.69. The largest absolute Gasteiger partial charge is 0.389 e. The molecule has 0 aliphatic carbocycles. The van der Waals surface area contributed by atoms with Crippen molar-refractivity contribution in [2.24, 2.45) is 0 Å². The lowest BCUT2D eigenvalue weighted by Crippen LogP contribution is -2.34. The zero-order valence-corrected chi connectivity index (χ0v) is 10.9. The molecule has 3 nitrogen and oxygen atoms in total. The van der Waals surface area contributed by atoms with Gasteiger partial charge in [-0.15, -0.1) is 0 Å². The molecule has 5 heteroatoms. The smallest absolute Gasteiger partial charge is 0.130 e. The number of aliphatic hydroxyl groups is 1. The molecule has 1 N–H and O–H groups in total. The summed E-state index contributed by atoms with van der Waals surface area (Å²) in [6.07, 6.45) is -0.683. The Bertz CT molecular complexity index is 367. The van der Waals surface area contributed by atoms with Crippen LogP contribution in [0.25, 0.3) is 0 Å². The van der Waals surface area contributed by atoms with E-state index in [0.29, 0.717) is 0 Å². The van der Waals surface area contributed by atoms with Crippen molar-refractivity contribution in [2.45, 2.75) is 19.1 Å².